The molecule has 2 aromatic rings. The SMILES string of the molecule is CNC(c1cccc(Br)c1)c1cc(F)ccc1F. The summed E-state index contributed by atoms with van der Waals surface area (Å²) in [5.74, 6) is -0.864. The van der Waals surface area contributed by atoms with Gasteiger partial charge in [0.25, 0.3) is 0 Å². The first-order chi connectivity index (χ1) is 8.61. The first-order valence-corrected chi connectivity index (χ1v) is 6.29. The Morgan fingerprint density at radius 1 is 1.11 bits per heavy atom. The highest BCUT2D eigenvalue weighted by molar-refractivity contribution is 9.10. The van der Waals surface area contributed by atoms with Gasteiger partial charge in [0, 0.05) is 10.0 Å². The van der Waals surface area contributed by atoms with Gasteiger partial charge in [-0.3, -0.25) is 0 Å². The molecule has 0 aliphatic carbocycles. The minimum Gasteiger partial charge on any atom is -0.309 e. The highest BCUT2D eigenvalue weighted by Crippen LogP contribution is 2.26. The van der Waals surface area contributed by atoms with Crippen LogP contribution in [0.4, 0.5) is 8.78 Å². The molecule has 0 aliphatic heterocycles. The molecule has 0 bridgehead atoms. The average Bonchev–Trinajstić information content (AvgIpc) is 2.35. The Morgan fingerprint density at radius 3 is 2.56 bits per heavy atom. The summed E-state index contributed by atoms with van der Waals surface area (Å²) in [4.78, 5) is 0. The maximum absolute atomic E-state index is 13.8. The van der Waals surface area contributed by atoms with E-state index in [-0.39, 0.29) is 6.04 Å². The lowest BCUT2D eigenvalue weighted by Crippen LogP contribution is -2.19. The van der Waals surface area contributed by atoms with E-state index in [1.807, 2.05) is 24.3 Å². The molecule has 1 N–H and O–H groups in total. The Labute approximate surface area is 113 Å². The Bertz CT molecular complexity index is 557. The lowest BCUT2D eigenvalue weighted by molar-refractivity contribution is 0.558. The van der Waals surface area contributed by atoms with Gasteiger partial charge in [-0.2, -0.15) is 0 Å². The van der Waals surface area contributed by atoms with Crippen LogP contribution in [0.3, 0.4) is 0 Å². The molecule has 1 atom stereocenters. The third-order valence-corrected chi connectivity index (χ3v) is 3.23. The molecule has 0 spiro atoms. The fourth-order valence-electron chi connectivity index (χ4n) is 1.92. The van der Waals surface area contributed by atoms with Crippen LogP contribution in [0.15, 0.2) is 46.9 Å². The molecule has 0 amide bonds. The molecule has 0 fully saturated rings. The van der Waals surface area contributed by atoms with Crippen molar-refractivity contribution >= 4 is 15.9 Å². The van der Waals surface area contributed by atoms with Crippen molar-refractivity contribution < 1.29 is 8.78 Å². The molecule has 18 heavy (non-hydrogen) atoms. The average molecular weight is 312 g/mol. The number of benzene rings is 2. The van der Waals surface area contributed by atoms with Gasteiger partial charge in [-0.1, -0.05) is 28.1 Å². The van der Waals surface area contributed by atoms with Gasteiger partial charge in [0.2, 0.25) is 0 Å². The van der Waals surface area contributed by atoms with Crippen LogP contribution < -0.4 is 5.32 Å². The first kappa shape index (κ1) is 13.2. The largest absolute Gasteiger partial charge is 0.309 e. The Morgan fingerprint density at radius 2 is 1.89 bits per heavy atom. The van der Waals surface area contributed by atoms with Crippen molar-refractivity contribution in [3.05, 3.63) is 69.7 Å². The summed E-state index contributed by atoms with van der Waals surface area (Å²) in [5, 5.41) is 3.00. The number of hydrogen-bond acceptors (Lipinski definition) is 1. The molecule has 94 valence electrons. The van der Waals surface area contributed by atoms with Crippen molar-refractivity contribution in [1.29, 1.82) is 0 Å². The molecule has 2 rings (SSSR count). The second kappa shape index (κ2) is 5.59. The molecule has 1 nitrogen and oxygen atoms in total. The maximum atomic E-state index is 13.8. The summed E-state index contributed by atoms with van der Waals surface area (Å²) in [5.41, 5.74) is 1.17. The topological polar surface area (TPSA) is 12.0 Å². The Balaban J connectivity index is 2.48. The van der Waals surface area contributed by atoms with Crippen LogP contribution in [0.25, 0.3) is 0 Å². The van der Waals surface area contributed by atoms with E-state index in [2.05, 4.69) is 21.2 Å². The van der Waals surface area contributed by atoms with E-state index >= 15 is 0 Å². The van der Waals surface area contributed by atoms with E-state index in [0.717, 1.165) is 22.2 Å². The van der Waals surface area contributed by atoms with Gasteiger partial charge >= 0.3 is 0 Å². The van der Waals surface area contributed by atoms with Crippen molar-refractivity contribution in [2.24, 2.45) is 0 Å². The molecule has 0 saturated carbocycles. The van der Waals surface area contributed by atoms with E-state index < -0.39 is 11.6 Å². The van der Waals surface area contributed by atoms with Crippen LogP contribution in [0.2, 0.25) is 0 Å². The number of halogens is 3. The molecule has 0 aromatic heterocycles. The van der Waals surface area contributed by atoms with Gasteiger partial charge in [-0.15, -0.1) is 0 Å². The molecular formula is C14H12BrF2N. The minimum atomic E-state index is -0.443. The monoisotopic (exact) mass is 311 g/mol. The highest BCUT2D eigenvalue weighted by atomic mass is 79.9. The zero-order chi connectivity index (χ0) is 13.1. The molecule has 0 aliphatic rings. The van der Waals surface area contributed by atoms with E-state index in [1.54, 1.807) is 7.05 Å². The predicted octanol–water partition coefficient (Wildman–Crippen LogP) is 4.04. The smallest absolute Gasteiger partial charge is 0.128 e. The lowest BCUT2D eigenvalue weighted by Gasteiger charge is -2.18. The zero-order valence-electron chi connectivity index (χ0n) is 9.75. The summed E-state index contributed by atoms with van der Waals surface area (Å²) in [6.07, 6.45) is 0. The lowest BCUT2D eigenvalue weighted by atomic mass is 9.98. The maximum Gasteiger partial charge on any atom is 0.128 e. The van der Waals surface area contributed by atoms with Gasteiger partial charge in [0.1, 0.15) is 11.6 Å². The van der Waals surface area contributed by atoms with Crippen molar-refractivity contribution in [3.8, 4) is 0 Å². The van der Waals surface area contributed by atoms with E-state index in [4.69, 9.17) is 0 Å². The summed E-state index contributed by atoms with van der Waals surface area (Å²) in [6.45, 7) is 0. The summed E-state index contributed by atoms with van der Waals surface area (Å²) in [7, 11) is 1.72. The third-order valence-electron chi connectivity index (χ3n) is 2.74. The van der Waals surface area contributed by atoms with Gasteiger partial charge in [-0.25, -0.2) is 8.78 Å². The van der Waals surface area contributed by atoms with Gasteiger partial charge < -0.3 is 5.32 Å². The third kappa shape index (κ3) is 2.76. The van der Waals surface area contributed by atoms with E-state index in [9.17, 15) is 8.78 Å². The van der Waals surface area contributed by atoms with Crippen LogP contribution in [0, 0.1) is 11.6 Å². The second-order valence-electron chi connectivity index (χ2n) is 3.94. The van der Waals surface area contributed by atoms with Crippen LogP contribution in [0.1, 0.15) is 17.2 Å². The molecular weight excluding hydrogens is 300 g/mol. The molecule has 0 heterocycles. The van der Waals surface area contributed by atoms with Crippen LogP contribution in [-0.4, -0.2) is 7.05 Å². The summed E-state index contributed by atoms with van der Waals surface area (Å²) in [6, 6.07) is 10.6. The van der Waals surface area contributed by atoms with Gasteiger partial charge in [-0.05, 0) is 42.9 Å². The molecule has 4 heteroatoms. The molecule has 2 aromatic carbocycles. The van der Waals surface area contributed by atoms with Crippen LogP contribution in [-0.2, 0) is 0 Å². The quantitative estimate of drug-likeness (QED) is 0.902. The molecule has 0 radical (unpaired) electrons. The van der Waals surface area contributed by atoms with Crippen LogP contribution in [0.5, 0.6) is 0 Å². The Kier molecular flexibility index (Phi) is 4.09. The normalized spacial score (nSPS) is 12.4. The van der Waals surface area contributed by atoms with Gasteiger partial charge in [0.15, 0.2) is 0 Å². The first-order valence-electron chi connectivity index (χ1n) is 5.49. The van der Waals surface area contributed by atoms with Crippen molar-refractivity contribution in [2.75, 3.05) is 7.05 Å². The zero-order valence-corrected chi connectivity index (χ0v) is 11.3. The summed E-state index contributed by atoms with van der Waals surface area (Å²) >= 11 is 3.37. The predicted molar refractivity (Wildman–Crippen MR) is 71.4 cm³/mol. The fourth-order valence-corrected chi connectivity index (χ4v) is 2.34. The molecule has 0 saturated heterocycles. The van der Waals surface area contributed by atoms with Crippen molar-refractivity contribution in [3.63, 3.8) is 0 Å². The van der Waals surface area contributed by atoms with Gasteiger partial charge in [0.05, 0.1) is 6.04 Å². The van der Waals surface area contributed by atoms with E-state index in [0.29, 0.717) is 5.56 Å². The highest BCUT2D eigenvalue weighted by Gasteiger charge is 2.17. The number of nitrogens with one attached hydrogen (secondary N) is 1. The minimum absolute atomic E-state index is 0.301. The fraction of sp³-hybridized carbons (Fsp3) is 0.143. The number of rotatable bonds is 3. The molecule has 1 unspecified atom stereocenters. The number of hydrogen-bond donors (Lipinski definition) is 1. The second-order valence-corrected chi connectivity index (χ2v) is 4.86. The standard InChI is InChI=1S/C14H12BrF2N/c1-18-14(9-3-2-4-10(15)7-9)12-8-11(16)5-6-13(12)17/h2-8,14,18H,1H3. The van der Waals surface area contributed by atoms with E-state index in [1.165, 1.54) is 6.07 Å². The Hall–Kier alpha value is -1.26. The van der Waals surface area contributed by atoms with Crippen molar-refractivity contribution in [1.82, 2.24) is 5.32 Å². The van der Waals surface area contributed by atoms with Crippen LogP contribution >= 0.6 is 15.9 Å². The summed E-state index contributed by atoms with van der Waals surface area (Å²) < 4.78 is 27.9. The van der Waals surface area contributed by atoms with Crippen molar-refractivity contribution in [2.45, 2.75) is 6.04 Å².